The van der Waals surface area contributed by atoms with Crippen molar-refractivity contribution < 1.29 is 55.0 Å². The second kappa shape index (κ2) is 11.5. The standard InChI is InChI=1S/C22H23F3N8O9P2S/c23-22(24,25)9-2-1-3-10-15(9)30-31-33(10)21-18-17(34)13(40-21)5-37-43(35)41-11-4-14(39-12(11)6-38-44(36,45)42-18)32-8-29-16-19(26)27-7-28-20(16)32/h1-3,7-8,11-14,17-18,21,34,43H,4-6H2,(H,36,45)(H2,26,27,28)/t11-,12+,13+,14+,17+,18+,21+,44?/m0/s1. The van der Waals surface area contributed by atoms with Gasteiger partial charge in [-0.25, -0.2) is 24.2 Å². The summed E-state index contributed by atoms with van der Waals surface area (Å²) in [6, 6.07) is 3.29. The molecule has 6 heterocycles. The SMILES string of the molecule is Nc1ncnc2c1ncn2[C@H]1C[C@@H]2O[PH](=O)OC[C@H]3O[C@@H](n4nnc5c(C(F)(F)F)cccc54)[C@H](OP(=O)(S)OC[C@H]2O1)[C@@H]3O. The van der Waals surface area contributed by atoms with Crippen LogP contribution in [0.2, 0.25) is 0 Å². The summed E-state index contributed by atoms with van der Waals surface area (Å²) in [5, 5.41) is 18.5. The van der Waals surface area contributed by atoms with E-state index in [1.807, 2.05) is 0 Å². The minimum absolute atomic E-state index is 0.113. The Balaban J connectivity index is 1.16. The van der Waals surface area contributed by atoms with Gasteiger partial charge in [0.25, 0.3) is 0 Å². The number of rotatable bonds is 2. The lowest BCUT2D eigenvalue weighted by Gasteiger charge is -2.25. The number of aliphatic hydroxyl groups excluding tert-OH is 1. The molecule has 1 aromatic carbocycles. The molecule has 9 atom stereocenters. The highest BCUT2D eigenvalue weighted by atomic mass is 32.7. The molecule has 0 amide bonds. The molecule has 23 heteroatoms. The van der Waals surface area contributed by atoms with Crippen molar-refractivity contribution in [3.05, 3.63) is 36.4 Å². The second-order valence-electron chi connectivity index (χ2n) is 10.3. The predicted octanol–water partition coefficient (Wildman–Crippen LogP) is 2.66. The van der Waals surface area contributed by atoms with Gasteiger partial charge in [0.15, 0.2) is 17.7 Å². The fourth-order valence-electron chi connectivity index (χ4n) is 5.43. The van der Waals surface area contributed by atoms with Crippen molar-refractivity contribution in [2.75, 3.05) is 18.9 Å². The van der Waals surface area contributed by atoms with E-state index >= 15 is 0 Å². The van der Waals surface area contributed by atoms with Gasteiger partial charge in [-0.2, -0.15) is 13.2 Å². The Hall–Kier alpha value is -2.71. The summed E-state index contributed by atoms with van der Waals surface area (Å²) in [4.78, 5) is 12.3. The van der Waals surface area contributed by atoms with Crippen LogP contribution in [0.15, 0.2) is 30.9 Å². The molecule has 2 bridgehead atoms. The van der Waals surface area contributed by atoms with Crippen LogP contribution in [0, 0.1) is 0 Å². The van der Waals surface area contributed by atoms with Crippen LogP contribution in [-0.4, -0.2) is 83.4 Å². The first-order valence-electron chi connectivity index (χ1n) is 13.2. The van der Waals surface area contributed by atoms with Crippen LogP contribution in [0.25, 0.3) is 22.2 Å². The lowest BCUT2D eigenvalue weighted by atomic mass is 10.1. The van der Waals surface area contributed by atoms with E-state index in [-0.39, 0.29) is 17.8 Å². The molecule has 2 unspecified atom stereocenters. The average Bonchev–Trinajstić information content (AvgIpc) is 3.75. The van der Waals surface area contributed by atoms with Crippen molar-refractivity contribution in [2.45, 2.75) is 55.6 Å². The topological polar surface area (TPSA) is 210 Å². The molecule has 4 aromatic rings. The molecule has 0 saturated carbocycles. The van der Waals surface area contributed by atoms with Crippen LogP contribution in [0.1, 0.15) is 24.4 Å². The number of anilines is 1. The number of benzene rings is 1. The number of aromatic nitrogens is 7. The van der Waals surface area contributed by atoms with E-state index in [1.165, 1.54) is 18.7 Å². The number of imidazole rings is 1. The van der Waals surface area contributed by atoms with Gasteiger partial charge in [-0.1, -0.05) is 23.5 Å². The lowest BCUT2D eigenvalue weighted by Crippen LogP contribution is -2.35. The molecular formula is C22H23F3N8O9P2S. The van der Waals surface area contributed by atoms with Crippen molar-refractivity contribution in [2.24, 2.45) is 0 Å². The summed E-state index contributed by atoms with van der Waals surface area (Å²) in [6.45, 7) is -5.30. The molecule has 17 nitrogen and oxygen atoms in total. The maximum atomic E-state index is 13.6. The van der Waals surface area contributed by atoms with Crippen molar-refractivity contribution in [1.29, 1.82) is 0 Å². The number of nitrogen functional groups attached to an aromatic ring is 1. The van der Waals surface area contributed by atoms with Crippen molar-refractivity contribution in [3.8, 4) is 0 Å². The summed E-state index contributed by atoms with van der Waals surface area (Å²) < 4.78 is 104. The van der Waals surface area contributed by atoms with Crippen LogP contribution in [0.3, 0.4) is 0 Å². The Morgan fingerprint density at radius 2 is 1.93 bits per heavy atom. The van der Waals surface area contributed by atoms with Gasteiger partial charge in [-0.3, -0.25) is 18.2 Å². The minimum Gasteiger partial charge on any atom is -0.387 e. The number of hydrogen-bond acceptors (Lipinski definition) is 15. The van der Waals surface area contributed by atoms with E-state index in [0.29, 0.717) is 11.2 Å². The summed E-state index contributed by atoms with van der Waals surface area (Å²) in [6.07, 6.45) is -10.4. The highest BCUT2D eigenvalue weighted by Crippen LogP contribution is 2.57. The molecule has 242 valence electrons. The number of nitrogens with zero attached hydrogens (tertiary/aromatic N) is 7. The Labute approximate surface area is 255 Å². The van der Waals surface area contributed by atoms with Gasteiger partial charge in [-0.05, 0) is 12.1 Å². The molecule has 0 spiro atoms. The van der Waals surface area contributed by atoms with Gasteiger partial charge in [0, 0.05) is 6.42 Å². The maximum absolute atomic E-state index is 13.6. The number of thiol groups is 1. The largest absolute Gasteiger partial charge is 0.418 e. The van der Waals surface area contributed by atoms with Crippen LogP contribution in [0.5, 0.6) is 0 Å². The van der Waals surface area contributed by atoms with Crippen molar-refractivity contribution >= 4 is 55.3 Å². The van der Waals surface area contributed by atoms with Crippen LogP contribution < -0.4 is 5.73 Å². The highest BCUT2D eigenvalue weighted by molar-refractivity contribution is 8.44. The number of aliphatic hydroxyl groups is 1. The zero-order valence-electron chi connectivity index (χ0n) is 22.5. The minimum atomic E-state index is -4.73. The van der Waals surface area contributed by atoms with Gasteiger partial charge < -0.3 is 29.4 Å². The molecule has 3 saturated heterocycles. The Bertz CT molecular complexity index is 1830. The van der Waals surface area contributed by atoms with E-state index in [0.717, 1.165) is 16.8 Å². The van der Waals surface area contributed by atoms with Gasteiger partial charge >= 0.3 is 21.2 Å². The number of fused-ring (bicyclic) bond motifs is 5. The third-order valence-corrected chi connectivity index (χ3v) is 10.0. The molecule has 0 aliphatic carbocycles. The first-order valence-corrected chi connectivity index (χ1v) is 17.1. The Kier molecular flexibility index (Phi) is 7.91. The predicted molar refractivity (Wildman–Crippen MR) is 148 cm³/mol. The molecule has 3 fully saturated rings. The number of nitrogens with two attached hydrogens (primary N) is 1. The fraction of sp³-hybridized carbons (Fsp3) is 0.500. The van der Waals surface area contributed by atoms with Gasteiger partial charge in [-0.15, -0.1) is 5.10 Å². The summed E-state index contributed by atoms with van der Waals surface area (Å²) in [7, 11) is -3.26. The zero-order chi connectivity index (χ0) is 31.7. The average molecular weight is 694 g/mol. The molecule has 3 aromatic heterocycles. The third kappa shape index (κ3) is 5.75. The summed E-state index contributed by atoms with van der Waals surface area (Å²) >= 11 is 4.06. The van der Waals surface area contributed by atoms with Gasteiger partial charge in [0.2, 0.25) is 0 Å². The Morgan fingerprint density at radius 1 is 1.11 bits per heavy atom. The first-order chi connectivity index (χ1) is 21.4. The zero-order valence-corrected chi connectivity index (χ0v) is 25.3. The molecule has 7 rings (SSSR count). The maximum Gasteiger partial charge on any atom is 0.418 e. The number of hydrogen-bond donors (Lipinski definition) is 3. The number of alkyl halides is 3. The monoisotopic (exact) mass is 694 g/mol. The van der Waals surface area contributed by atoms with Gasteiger partial charge in [0.1, 0.15) is 48.0 Å². The molecular weight excluding hydrogens is 671 g/mol. The van der Waals surface area contributed by atoms with E-state index in [4.69, 9.17) is 33.3 Å². The highest BCUT2D eigenvalue weighted by Gasteiger charge is 2.51. The fourth-order valence-corrected chi connectivity index (χ4v) is 7.75. The molecule has 0 radical (unpaired) electrons. The number of ether oxygens (including phenoxy) is 2. The van der Waals surface area contributed by atoms with Crippen molar-refractivity contribution in [1.82, 2.24) is 34.5 Å². The van der Waals surface area contributed by atoms with Crippen LogP contribution >= 0.6 is 27.3 Å². The van der Waals surface area contributed by atoms with Crippen LogP contribution in [0.4, 0.5) is 19.0 Å². The molecule has 3 N–H and O–H groups in total. The molecule has 3 aliphatic rings. The van der Waals surface area contributed by atoms with E-state index in [9.17, 15) is 27.4 Å². The Morgan fingerprint density at radius 3 is 2.73 bits per heavy atom. The second-order valence-corrected chi connectivity index (χ2v) is 14.2. The van der Waals surface area contributed by atoms with Crippen molar-refractivity contribution in [3.63, 3.8) is 0 Å². The third-order valence-electron chi connectivity index (χ3n) is 7.51. The van der Waals surface area contributed by atoms with E-state index < -0.39 is 88.5 Å². The smallest absolute Gasteiger partial charge is 0.387 e. The number of halogens is 3. The summed E-state index contributed by atoms with van der Waals surface area (Å²) in [5.41, 5.74) is 4.93. The molecule has 3 aliphatic heterocycles. The van der Waals surface area contributed by atoms with Crippen LogP contribution in [-0.2, 0) is 42.9 Å². The normalized spacial score (nSPS) is 34.8. The van der Waals surface area contributed by atoms with Gasteiger partial charge in [0.05, 0.1) is 36.7 Å². The van der Waals surface area contributed by atoms with E-state index in [1.54, 1.807) is 4.57 Å². The van der Waals surface area contributed by atoms with E-state index in [2.05, 4.69) is 37.5 Å². The first kappa shape index (κ1) is 30.9. The quantitative estimate of drug-likeness (QED) is 0.203. The molecule has 45 heavy (non-hydrogen) atoms. The lowest BCUT2D eigenvalue weighted by molar-refractivity contribution is -0.136. The summed E-state index contributed by atoms with van der Waals surface area (Å²) in [5.74, 6) is 0.155.